The summed E-state index contributed by atoms with van der Waals surface area (Å²) >= 11 is 6.67. The molecule has 9 heteroatoms. The second kappa shape index (κ2) is 9.02. The maximum absolute atomic E-state index is 16.0. The van der Waals surface area contributed by atoms with E-state index >= 15 is 4.39 Å². The zero-order valence-electron chi connectivity index (χ0n) is 19.3. The van der Waals surface area contributed by atoms with Gasteiger partial charge in [0.1, 0.15) is 17.7 Å². The zero-order valence-corrected chi connectivity index (χ0v) is 20.0. The SMILES string of the molecule is C=CC(=O)N1C[C@@H](C)N(c2ncnc3c(F)c(-c4c(C)ccc(N)c4C=N)c(Cl)cc23)[C@@H](C)C1. The summed E-state index contributed by atoms with van der Waals surface area (Å²) in [6.45, 7) is 10.4. The van der Waals surface area contributed by atoms with E-state index in [0.717, 1.165) is 11.8 Å². The number of carbonyl (C=O) groups is 1. The number of carbonyl (C=O) groups excluding carboxylic acids is 1. The zero-order chi connectivity index (χ0) is 24.7. The van der Waals surface area contributed by atoms with Gasteiger partial charge in [0.15, 0.2) is 5.82 Å². The van der Waals surface area contributed by atoms with Gasteiger partial charge >= 0.3 is 0 Å². The lowest BCUT2D eigenvalue weighted by Crippen LogP contribution is -2.58. The minimum Gasteiger partial charge on any atom is -0.398 e. The van der Waals surface area contributed by atoms with Crippen molar-refractivity contribution < 1.29 is 9.18 Å². The number of piperazine rings is 1. The fourth-order valence-corrected chi connectivity index (χ4v) is 5.12. The molecule has 2 heterocycles. The number of aromatic nitrogens is 2. The lowest BCUT2D eigenvalue weighted by molar-refractivity contribution is -0.127. The summed E-state index contributed by atoms with van der Waals surface area (Å²) in [4.78, 5) is 24.7. The van der Waals surface area contributed by atoms with E-state index < -0.39 is 5.82 Å². The van der Waals surface area contributed by atoms with Gasteiger partial charge in [0.05, 0.1) is 5.02 Å². The van der Waals surface area contributed by atoms with E-state index in [-0.39, 0.29) is 34.1 Å². The molecule has 1 aromatic heterocycles. The summed E-state index contributed by atoms with van der Waals surface area (Å²) < 4.78 is 16.0. The topological polar surface area (TPSA) is 99.2 Å². The number of hydrogen-bond donors (Lipinski definition) is 2. The number of fused-ring (bicyclic) bond motifs is 1. The third kappa shape index (κ3) is 3.77. The van der Waals surface area contributed by atoms with Crippen LogP contribution < -0.4 is 10.6 Å². The van der Waals surface area contributed by atoms with Gasteiger partial charge in [0, 0.05) is 53.6 Å². The highest BCUT2D eigenvalue weighted by atomic mass is 35.5. The molecule has 1 saturated heterocycles. The van der Waals surface area contributed by atoms with Gasteiger partial charge in [-0.2, -0.15) is 0 Å². The first-order chi connectivity index (χ1) is 16.2. The largest absolute Gasteiger partial charge is 0.398 e. The Hall–Kier alpha value is -3.52. The van der Waals surface area contributed by atoms with Crippen LogP contribution in [-0.2, 0) is 4.79 Å². The lowest BCUT2D eigenvalue weighted by Gasteiger charge is -2.45. The van der Waals surface area contributed by atoms with Crippen molar-refractivity contribution in [1.29, 1.82) is 5.41 Å². The molecule has 176 valence electrons. The lowest BCUT2D eigenvalue weighted by atomic mass is 9.92. The maximum atomic E-state index is 16.0. The number of anilines is 2. The smallest absolute Gasteiger partial charge is 0.246 e. The van der Waals surface area contributed by atoms with Gasteiger partial charge in [0.2, 0.25) is 5.91 Å². The van der Waals surface area contributed by atoms with Gasteiger partial charge in [0.25, 0.3) is 0 Å². The van der Waals surface area contributed by atoms with E-state index in [1.54, 1.807) is 23.1 Å². The Morgan fingerprint density at radius 2 is 1.94 bits per heavy atom. The quantitative estimate of drug-likeness (QED) is 0.323. The molecule has 0 aliphatic carbocycles. The molecule has 2 aromatic carbocycles. The monoisotopic (exact) mass is 480 g/mol. The van der Waals surface area contributed by atoms with Crippen molar-refractivity contribution in [3.63, 3.8) is 0 Å². The van der Waals surface area contributed by atoms with Gasteiger partial charge in [-0.05, 0) is 50.1 Å². The van der Waals surface area contributed by atoms with Crippen LogP contribution in [0.1, 0.15) is 25.0 Å². The van der Waals surface area contributed by atoms with Crippen molar-refractivity contribution in [2.45, 2.75) is 32.9 Å². The van der Waals surface area contributed by atoms with Gasteiger partial charge in [-0.15, -0.1) is 0 Å². The normalized spacial score (nSPS) is 18.3. The number of nitrogens with zero attached hydrogens (tertiary/aromatic N) is 4. The Kier molecular flexibility index (Phi) is 6.27. The molecule has 1 fully saturated rings. The van der Waals surface area contributed by atoms with Crippen molar-refractivity contribution >= 4 is 46.1 Å². The number of hydrogen-bond acceptors (Lipinski definition) is 6. The van der Waals surface area contributed by atoms with Gasteiger partial charge in [-0.25, -0.2) is 14.4 Å². The number of nitrogens with two attached hydrogens (primary N) is 1. The summed E-state index contributed by atoms with van der Waals surface area (Å²) in [7, 11) is 0. The highest BCUT2D eigenvalue weighted by Crippen LogP contribution is 2.41. The second-order valence-corrected chi connectivity index (χ2v) is 9.01. The van der Waals surface area contributed by atoms with Gasteiger partial charge in [-0.1, -0.05) is 24.2 Å². The van der Waals surface area contributed by atoms with Crippen molar-refractivity contribution in [2.75, 3.05) is 23.7 Å². The van der Waals surface area contributed by atoms with E-state index in [2.05, 4.69) is 21.4 Å². The molecule has 3 N–H and O–H groups in total. The Morgan fingerprint density at radius 1 is 1.26 bits per heavy atom. The molecule has 0 radical (unpaired) electrons. The predicted molar refractivity (Wildman–Crippen MR) is 135 cm³/mol. The predicted octanol–water partition coefficient (Wildman–Crippen LogP) is 4.59. The Morgan fingerprint density at radius 3 is 2.56 bits per heavy atom. The number of rotatable bonds is 4. The van der Waals surface area contributed by atoms with E-state index in [9.17, 15) is 4.79 Å². The Labute approximate surface area is 202 Å². The van der Waals surface area contributed by atoms with Crippen LogP contribution in [0.4, 0.5) is 15.9 Å². The van der Waals surface area contributed by atoms with Crippen LogP contribution >= 0.6 is 11.6 Å². The second-order valence-electron chi connectivity index (χ2n) is 8.60. The summed E-state index contributed by atoms with van der Waals surface area (Å²) in [5, 5.41) is 8.47. The van der Waals surface area contributed by atoms with E-state index in [1.165, 1.54) is 12.4 Å². The van der Waals surface area contributed by atoms with Crippen LogP contribution in [0.2, 0.25) is 5.02 Å². The first-order valence-electron chi connectivity index (χ1n) is 10.9. The van der Waals surface area contributed by atoms with Gasteiger partial charge in [-0.3, -0.25) is 4.79 Å². The van der Waals surface area contributed by atoms with Crippen molar-refractivity contribution in [3.05, 3.63) is 59.1 Å². The first kappa shape index (κ1) is 23.6. The van der Waals surface area contributed by atoms with E-state index in [1.807, 2.05) is 20.8 Å². The first-order valence-corrected chi connectivity index (χ1v) is 11.3. The van der Waals surface area contributed by atoms with Crippen LogP contribution in [0.5, 0.6) is 0 Å². The molecule has 3 aromatic rings. The summed E-state index contributed by atoms with van der Waals surface area (Å²) in [6, 6.07) is 4.98. The number of benzene rings is 2. The van der Waals surface area contributed by atoms with Crippen LogP contribution in [0, 0.1) is 18.2 Å². The number of aryl methyl sites for hydroxylation is 1. The average Bonchev–Trinajstić information content (AvgIpc) is 2.80. The Balaban J connectivity index is 1.89. The third-order valence-corrected chi connectivity index (χ3v) is 6.63. The fraction of sp³-hybridized carbons (Fsp3) is 0.280. The highest BCUT2D eigenvalue weighted by Gasteiger charge is 2.33. The van der Waals surface area contributed by atoms with Gasteiger partial charge < -0.3 is 20.9 Å². The van der Waals surface area contributed by atoms with Crippen LogP contribution in [-0.4, -0.2) is 52.2 Å². The van der Waals surface area contributed by atoms with Crippen LogP contribution in [0.25, 0.3) is 22.0 Å². The molecule has 0 unspecified atom stereocenters. The molecule has 1 aliphatic rings. The molecule has 4 rings (SSSR count). The molecule has 0 spiro atoms. The number of nitrogen functional groups attached to an aromatic ring is 1. The third-order valence-electron chi connectivity index (χ3n) is 6.33. The molecule has 7 nitrogen and oxygen atoms in total. The molecule has 2 atom stereocenters. The molecule has 1 aliphatic heterocycles. The average molecular weight is 481 g/mol. The van der Waals surface area contributed by atoms with E-state index in [0.29, 0.717) is 41.1 Å². The fourth-order valence-electron chi connectivity index (χ4n) is 4.83. The molecule has 34 heavy (non-hydrogen) atoms. The summed E-state index contributed by atoms with van der Waals surface area (Å²) in [5.74, 6) is -0.160. The summed E-state index contributed by atoms with van der Waals surface area (Å²) in [6.07, 6.45) is 3.76. The molecule has 0 bridgehead atoms. The van der Waals surface area contributed by atoms with Crippen LogP contribution in [0.15, 0.2) is 37.2 Å². The number of amides is 1. The van der Waals surface area contributed by atoms with Crippen molar-refractivity contribution in [2.24, 2.45) is 0 Å². The standard InChI is InChI=1S/C25H26ClFN6O/c1-5-20(34)32-10-14(3)33(15(4)11-32)25-16-8-18(26)22(23(27)24(16)30-12-31-25)21-13(2)6-7-19(29)17(21)9-28/h5-9,12,14-15,28H,1,10-11,29H2,2-4H3/t14-,15+. The van der Waals surface area contributed by atoms with Crippen molar-refractivity contribution in [1.82, 2.24) is 14.9 Å². The molecular formula is C25H26ClFN6O. The number of halogens is 2. The maximum Gasteiger partial charge on any atom is 0.246 e. The molecule has 0 saturated carbocycles. The molecule has 1 amide bonds. The molecular weight excluding hydrogens is 455 g/mol. The van der Waals surface area contributed by atoms with E-state index in [4.69, 9.17) is 22.7 Å². The Bertz CT molecular complexity index is 1310. The van der Waals surface area contributed by atoms with Crippen molar-refractivity contribution in [3.8, 4) is 11.1 Å². The summed E-state index contributed by atoms with van der Waals surface area (Å²) in [5.41, 5.74) is 8.33. The number of nitrogens with one attached hydrogen (secondary N) is 1. The van der Waals surface area contributed by atoms with Crippen LogP contribution in [0.3, 0.4) is 0 Å². The minimum atomic E-state index is -0.594. The highest BCUT2D eigenvalue weighted by molar-refractivity contribution is 6.34. The minimum absolute atomic E-state index is 0.0760.